The van der Waals surface area contributed by atoms with Crippen molar-refractivity contribution >= 4 is 32.5 Å². The van der Waals surface area contributed by atoms with E-state index in [0.29, 0.717) is 5.92 Å². The van der Waals surface area contributed by atoms with Crippen LogP contribution in [-0.2, 0) is 20.1 Å². The van der Waals surface area contributed by atoms with E-state index in [4.69, 9.17) is 4.98 Å². The van der Waals surface area contributed by atoms with Gasteiger partial charge in [0.1, 0.15) is 0 Å². The Balaban J connectivity index is 0.000000275. The maximum Gasteiger partial charge on any atom is 0.0774 e. The van der Waals surface area contributed by atoms with Crippen molar-refractivity contribution in [3.05, 3.63) is 187 Å². The fourth-order valence-electron chi connectivity index (χ4n) is 6.50. The van der Waals surface area contributed by atoms with Gasteiger partial charge in [-0.1, -0.05) is 150 Å². The number of para-hydroxylation sites is 3. The van der Waals surface area contributed by atoms with Gasteiger partial charge in [0.2, 0.25) is 0 Å². The fraction of sp³-hybridized carbons (Fsp3) is 0.0638. The van der Waals surface area contributed by atoms with Gasteiger partial charge in [0.05, 0.1) is 22.5 Å². The van der Waals surface area contributed by atoms with Crippen LogP contribution >= 0.6 is 11.3 Å². The molecule has 0 fully saturated rings. The van der Waals surface area contributed by atoms with Crippen molar-refractivity contribution in [3.8, 4) is 50.6 Å². The van der Waals surface area contributed by atoms with Crippen molar-refractivity contribution in [2.75, 3.05) is 0 Å². The number of nitrogens with zero attached hydrogens (tertiary/aromatic N) is 3. The van der Waals surface area contributed by atoms with Gasteiger partial charge in [-0.05, 0) is 40.9 Å². The molecule has 3 heterocycles. The molecule has 0 aliphatic rings. The summed E-state index contributed by atoms with van der Waals surface area (Å²) in [6.45, 7) is 4.49. The van der Waals surface area contributed by atoms with Crippen LogP contribution in [0.25, 0.3) is 71.7 Å². The van der Waals surface area contributed by atoms with Crippen LogP contribution in [0, 0.1) is 11.4 Å². The molecule has 0 unspecified atom stereocenters. The molecule has 3 aromatic heterocycles. The SMILES string of the molecule is CC(C)c1ccc2s[c-]c(-c3nc4ccccc4n3-c3c(-c4ccccc4)cccc3-c3ccccc3)c2c1.[Ir].[c-]1ccccc1-c1ccccn1. The molecule has 0 atom stereocenters. The van der Waals surface area contributed by atoms with Gasteiger partial charge in [0.25, 0.3) is 0 Å². The monoisotopic (exact) mass is 866 g/mol. The number of fused-ring (bicyclic) bond motifs is 2. The summed E-state index contributed by atoms with van der Waals surface area (Å²) in [6.07, 6.45) is 1.79. The Kier molecular flexibility index (Phi) is 10.7. The number of benzene rings is 6. The Bertz CT molecular complexity index is 2450. The first kappa shape index (κ1) is 35.0. The zero-order valence-electron chi connectivity index (χ0n) is 28.8. The van der Waals surface area contributed by atoms with Crippen LogP contribution in [0.1, 0.15) is 25.3 Å². The first-order chi connectivity index (χ1) is 25.2. The fourth-order valence-corrected chi connectivity index (χ4v) is 7.32. The van der Waals surface area contributed by atoms with Gasteiger partial charge < -0.3 is 9.55 Å². The topological polar surface area (TPSA) is 30.7 Å². The molecule has 9 aromatic rings. The van der Waals surface area contributed by atoms with Crippen LogP contribution in [0.3, 0.4) is 0 Å². The molecule has 0 saturated carbocycles. The van der Waals surface area contributed by atoms with Gasteiger partial charge in [0.15, 0.2) is 0 Å². The zero-order valence-corrected chi connectivity index (χ0v) is 32.0. The Labute approximate surface area is 322 Å². The third kappa shape index (κ3) is 7.04. The van der Waals surface area contributed by atoms with E-state index in [0.717, 1.165) is 39.4 Å². The second-order valence-electron chi connectivity index (χ2n) is 12.7. The molecule has 52 heavy (non-hydrogen) atoms. The van der Waals surface area contributed by atoms with Gasteiger partial charge in [-0.15, -0.1) is 47.3 Å². The summed E-state index contributed by atoms with van der Waals surface area (Å²) in [5, 5.41) is 4.85. The van der Waals surface area contributed by atoms with E-state index in [2.05, 4.69) is 156 Å². The summed E-state index contributed by atoms with van der Waals surface area (Å²) in [4.78, 5) is 9.48. The van der Waals surface area contributed by atoms with Crippen LogP contribution < -0.4 is 0 Å². The van der Waals surface area contributed by atoms with Crippen molar-refractivity contribution in [2.24, 2.45) is 0 Å². The standard InChI is InChI=1S/C36H27N2S.C11H8N.Ir/c1-24(2)27-20-21-34-30(22-27)31(23-39-34)36-37-32-18-9-10-19-33(32)38(36)35-28(25-12-5-3-6-13-25)16-11-17-29(35)26-14-7-4-8-15-26;1-2-6-10(7-3-1)11-8-4-5-9-12-11;/h3-22,24H,1-2H3;1-6,8-9H;/q2*-1;. The number of rotatable bonds is 6. The molecule has 9 rings (SSSR count). The van der Waals surface area contributed by atoms with Crippen LogP contribution in [-0.4, -0.2) is 14.5 Å². The molecule has 0 N–H and O–H groups in total. The third-order valence-corrected chi connectivity index (χ3v) is 9.95. The Hall–Kier alpha value is -5.45. The minimum atomic E-state index is 0. The largest absolute Gasteiger partial charge is 0.332 e. The number of pyridine rings is 1. The van der Waals surface area contributed by atoms with Gasteiger partial charge >= 0.3 is 0 Å². The van der Waals surface area contributed by atoms with Gasteiger partial charge in [-0.2, -0.15) is 0 Å². The van der Waals surface area contributed by atoms with Crippen LogP contribution in [0.5, 0.6) is 0 Å². The number of hydrogen-bond donors (Lipinski definition) is 0. The van der Waals surface area contributed by atoms with Crippen molar-refractivity contribution in [1.82, 2.24) is 14.5 Å². The number of hydrogen-bond acceptors (Lipinski definition) is 3. The zero-order chi connectivity index (χ0) is 34.6. The minimum Gasteiger partial charge on any atom is -0.332 e. The average molecular weight is 866 g/mol. The summed E-state index contributed by atoms with van der Waals surface area (Å²) in [5.41, 5.74) is 12.3. The van der Waals surface area contributed by atoms with Crippen molar-refractivity contribution < 1.29 is 20.1 Å². The van der Waals surface area contributed by atoms with E-state index in [1.807, 2.05) is 42.5 Å². The van der Waals surface area contributed by atoms with E-state index < -0.39 is 0 Å². The summed E-state index contributed by atoms with van der Waals surface area (Å²) in [6, 6.07) is 60.0. The van der Waals surface area contributed by atoms with E-state index in [9.17, 15) is 0 Å². The second-order valence-corrected chi connectivity index (χ2v) is 13.5. The molecule has 255 valence electrons. The summed E-state index contributed by atoms with van der Waals surface area (Å²) in [5.74, 6) is 1.37. The first-order valence-electron chi connectivity index (χ1n) is 17.2. The predicted octanol–water partition coefficient (Wildman–Crippen LogP) is 12.7. The van der Waals surface area contributed by atoms with Crippen molar-refractivity contribution in [1.29, 1.82) is 0 Å². The van der Waals surface area contributed by atoms with E-state index in [-0.39, 0.29) is 20.1 Å². The molecule has 0 bridgehead atoms. The van der Waals surface area contributed by atoms with E-state index in [1.54, 1.807) is 17.5 Å². The maximum absolute atomic E-state index is 5.26. The molecular weight excluding hydrogens is 831 g/mol. The van der Waals surface area contributed by atoms with Crippen molar-refractivity contribution in [2.45, 2.75) is 19.8 Å². The second kappa shape index (κ2) is 15.8. The molecule has 0 saturated heterocycles. The van der Waals surface area contributed by atoms with E-state index >= 15 is 0 Å². The van der Waals surface area contributed by atoms with Crippen molar-refractivity contribution in [3.63, 3.8) is 0 Å². The van der Waals surface area contributed by atoms with E-state index in [1.165, 1.54) is 37.9 Å². The Morgan fingerprint density at radius 2 is 1.33 bits per heavy atom. The molecule has 0 amide bonds. The average Bonchev–Trinajstić information content (AvgIpc) is 3.80. The summed E-state index contributed by atoms with van der Waals surface area (Å²) < 4.78 is 3.59. The van der Waals surface area contributed by atoms with Gasteiger partial charge in [-0.3, -0.25) is 16.3 Å². The quantitative estimate of drug-likeness (QED) is 0.156. The number of aromatic nitrogens is 3. The number of thiophene rings is 1. The molecule has 0 aliphatic heterocycles. The minimum absolute atomic E-state index is 0. The molecular formula is C47H35IrN3S-2. The normalized spacial score (nSPS) is 10.9. The van der Waals surface area contributed by atoms with Crippen LogP contribution in [0.2, 0.25) is 0 Å². The maximum atomic E-state index is 5.26. The molecule has 6 aromatic carbocycles. The molecule has 5 heteroatoms. The first-order valence-corrected chi connectivity index (χ1v) is 18.0. The van der Waals surface area contributed by atoms with Gasteiger partial charge in [0, 0.05) is 37.4 Å². The van der Waals surface area contributed by atoms with Gasteiger partial charge in [-0.25, -0.2) is 0 Å². The molecule has 0 aliphatic carbocycles. The Morgan fingerprint density at radius 1 is 0.654 bits per heavy atom. The molecule has 1 radical (unpaired) electrons. The third-order valence-electron chi connectivity index (χ3n) is 9.07. The molecule has 3 nitrogen and oxygen atoms in total. The summed E-state index contributed by atoms with van der Waals surface area (Å²) in [7, 11) is 0. The Morgan fingerprint density at radius 3 is 1.98 bits per heavy atom. The smallest absolute Gasteiger partial charge is 0.0774 e. The van der Waals surface area contributed by atoms with Crippen LogP contribution in [0.15, 0.2) is 170 Å². The van der Waals surface area contributed by atoms with Crippen LogP contribution in [0.4, 0.5) is 0 Å². The number of imidazole rings is 1. The molecule has 0 spiro atoms. The summed E-state index contributed by atoms with van der Waals surface area (Å²) >= 11 is 1.67. The predicted molar refractivity (Wildman–Crippen MR) is 214 cm³/mol.